The largest absolute Gasteiger partial charge is 0.496 e. The SMILES string of the molecule is COc1ccccc1CNC(=O)C(C)OC(=O)c1cc(-c2cccs2)nc2c1cnn2C(C)C. The molecule has 1 atom stereocenters. The molecule has 0 saturated heterocycles. The number of para-hydroxylation sites is 1. The molecule has 3 heterocycles. The van der Waals surface area contributed by atoms with Crippen LogP contribution in [-0.2, 0) is 16.1 Å². The monoisotopic (exact) mass is 478 g/mol. The van der Waals surface area contributed by atoms with Crippen LogP contribution in [0, 0.1) is 0 Å². The molecule has 8 nitrogen and oxygen atoms in total. The van der Waals surface area contributed by atoms with Crippen molar-refractivity contribution in [2.45, 2.75) is 39.5 Å². The highest BCUT2D eigenvalue weighted by Crippen LogP contribution is 2.29. The van der Waals surface area contributed by atoms with E-state index in [0.29, 0.717) is 28.0 Å². The van der Waals surface area contributed by atoms with Gasteiger partial charge in [0.15, 0.2) is 11.8 Å². The number of hydrogen-bond donors (Lipinski definition) is 1. The lowest BCUT2D eigenvalue weighted by Gasteiger charge is -2.15. The van der Waals surface area contributed by atoms with Crippen molar-refractivity contribution in [2.75, 3.05) is 7.11 Å². The third-order valence-electron chi connectivity index (χ3n) is 5.35. The zero-order chi connectivity index (χ0) is 24.2. The molecule has 4 aromatic rings. The van der Waals surface area contributed by atoms with E-state index in [2.05, 4.69) is 10.4 Å². The quantitative estimate of drug-likeness (QED) is 0.372. The second kappa shape index (κ2) is 10.0. The van der Waals surface area contributed by atoms with E-state index in [0.717, 1.165) is 10.4 Å². The van der Waals surface area contributed by atoms with Gasteiger partial charge >= 0.3 is 5.97 Å². The lowest BCUT2D eigenvalue weighted by atomic mass is 10.1. The van der Waals surface area contributed by atoms with Crippen molar-refractivity contribution in [1.29, 1.82) is 0 Å². The molecule has 1 aromatic carbocycles. The Balaban J connectivity index is 1.55. The number of esters is 1. The molecule has 4 rings (SSSR count). The minimum absolute atomic E-state index is 0.0622. The summed E-state index contributed by atoms with van der Waals surface area (Å²) in [5.41, 5.74) is 2.41. The lowest BCUT2D eigenvalue weighted by molar-refractivity contribution is -0.129. The van der Waals surface area contributed by atoms with Crippen LogP contribution in [0.3, 0.4) is 0 Å². The summed E-state index contributed by atoms with van der Waals surface area (Å²) in [6, 6.07) is 13.0. The van der Waals surface area contributed by atoms with Crippen molar-refractivity contribution in [3.63, 3.8) is 0 Å². The number of hydrogen-bond acceptors (Lipinski definition) is 7. The number of pyridine rings is 1. The first-order valence-corrected chi connectivity index (χ1v) is 11.8. The molecular weight excluding hydrogens is 452 g/mol. The van der Waals surface area contributed by atoms with E-state index < -0.39 is 18.0 Å². The molecule has 0 aliphatic heterocycles. The van der Waals surface area contributed by atoms with Crippen LogP contribution in [0.25, 0.3) is 21.6 Å². The fraction of sp³-hybridized carbons (Fsp3) is 0.280. The summed E-state index contributed by atoms with van der Waals surface area (Å²) in [6.07, 6.45) is 0.625. The van der Waals surface area contributed by atoms with Crippen LogP contribution >= 0.6 is 11.3 Å². The molecule has 3 aromatic heterocycles. The summed E-state index contributed by atoms with van der Waals surface area (Å²) in [4.78, 5) is 31.5. The van der Waals surface area contributed by atoms with Gasteiger partial charge in [0.25, 0.3) is 5.91 Å². The van der Waals surface area contributed by atoms with Crippen LogP contribution in [0.4, 0.5) is 0 Å². The number of nitrogens with zero attached hydrogens (tertiary/aromatic N) is 3. The summed E-state index contributed by atoms with van der Waals surface area (Å²) in [5.74, 6) is -0.329. The van der Waals surface area contributed by atoms with Crippen molar-refractivity contribution in [1.82, 2.24) is 20.1 Å². The van der Waals surface area contributed by atoms with Crippen LogP contribution in [0.15, 0.2) is 54.0 Å². The molecule has 0 spiro atoms. The van der Waals surface area contributed by atoms with E-state index in [4.69, 9.17) is 14.5 Å². The lowest BCUT2D eigenvalue weighted by Crippen LogP contribution is -2.35. The number of carbonyl (C=O) groups excluding carboxylic acids is 2. The predicted molar refractivity (Wildman–Crippen MR) is 131 cm³/mol. The Morgan fingerprint density at radius 2 is 1.94 bits per heavy atom. The number of benzene rings is 1. The van der Waals surface area contributed by atoms with Crippen molar-refractivity contribution in [3.8, 4) is 16.3 Å². The summed E-state index contributed by atoms with van der Waals surface area (Å²) >= 11 is 1.53. The van der Waals surface area contributed by atoms with Gasteiger partial charge in [-0.15, -0.1) is 11.3 Å². The fourth-order valence-corrected chi connectivity index (χ4v) is 4.25. The maximum atomic E-state index is 13.2. The highest BCUT2D eigenvalue weighted by molar-refractivity contribution is 7.13. The fourth-order valence-electron chi connectivity index (χ4n) is 3.57. The number of amides is 1. The maximum Gasteiger partial charge on any atom is 0.339 e. The molecule has 0 aliphatic carbocycles. The number of fused-ring (bicyclic) bond motifs is 1. The Morgan fingerprint density at radius 1 is 1.15 bits per heavy atom. The predicted octanol–water partition coefficient (Wildman–Crippen LogP) is 4.61. The number of nitrogens with one attached hydrogen (secondary N) is 1. The van der Waals surface area contributed by atoms with E-state index in [-0.39, 0.29) is 12.6 Å². The molecule has 1 N–H and O–H groups in total. The van der Waals surface area contributed by atoms with E-state index in [1.807, 2.05) is 55.6 Å². The summed E-state index contributed by atoms with van der Waals surface area (Å²) in [7, 11) is 1.58. The molecule has 0 radical (unpaired) electrons. The van der Waals surface area contributed by atoms with E-state index in [1.165, 1.54) is 11.3 Å². The van der Waals surface area contributed by atoms with Gasteiger partial charge in [-0.25, -0.2) is 14.5 Å². The number of methoxy groups -OCH3 is 1. The van der Waals surface area contributed by atoms with Crippen LogP contribution in [-0.4, -0.2) is 39.9 Å². The Labute approximate surface area is 201 Å². The van der Waals surface area contributed by atoms with E-state index in [1.54, 1.807) is 31.0 Å². The first-order chi connectivity index (χ1) is 16.4. The molecule has 1 amide bonds. The standard InChI is InChI=1S/C25H26N4O4S/c1-15(2)29-23-19(14-27-29)18(12-20(28-23)22-10-7-11-34-22)25(31)33-16(3)24(30)26-13-17-8-5-6-9-21(17)32-4/h5-12,14-16H,13H2,1-4H3,(H,26,30). The highest BCUT2D eigenvalue weighted by atomic mass is 32.1. The number of carbonyl (C=O) groups is 2. The first-order valence-electron chi connectivity index (χ1n) is 10.9. The number of rotatable bonds is 8. The van der Waals surface area contributed by atoms with Gasteiger partial charge in [0.05, 0.1) is 34.8 Å². The molecule has 34 heavy (non-hydrogen) atoms. The molecular formula is C25H26N4O4S. The minimum Gasteiger partial charge on any atom is -0.496 e. The van der Waals surface area contributed by atoms with Gasteiger partial charge in [-0.1, -0.05) is 24.3 Å². The third kappa shape index (κ3) is 4.79. The number of ether oxygens (including phenoxy) is 2. The molecule has 1 unspecified atom stereocenters. The molecule has 0 fully saturated rings. The van der Waals surface area contributed by atoms with Gasteiger partial charge in [0, 0.05) is 18.2 Å². The number of thiophene rings is 1. The second-order valence-corrected chi connectivity index (χ2v) is 8.98. The normalized spacial score (nSPS) is 12.0. The zero-order valence-corrected chi connectivity index (χ0v) is 20.3. The van der Waals surface area contributed by atoms with Crippen molar-refractivity contribution in [2.24, 2.45) is 0 Å². The topological polar surface area (TPSA) is 95.3 Å². The molecule has 9 heteroatoms. The highest BCUT2D eigenvalue weighted by Gasteiger charge is 2.24. The van der Waals surface area contributed by atoms with Crippen LogP contribution < -0.4 is 10.1 Å². The van der Waals surface area contributed by atoms with Crippen LogP contribution in [0.5, 0.6) is 5.75 Å². The smallest absolute Gasteiger partial charge is 0.339 e. The summed E-state index contributed by atoms with van der Waals surface area (Å²) in [6.45, 7) is 5.80. The average Bonchev–Trinajstić information content (AvgIpc) is 3.52. The summed E-state index contributed by atoms with van der Waals surface area (Å²) < 4.78 is 12.6. The Morgan fingerprint density at radius 3 is 2.65 bits per heavy atom. The van der Waals surface area contributed by atoms with Gasteiger partial charge in [-0.2, -0.15) is 5.10 Å². The van der Waals surface area contributed by atoms with Crippen molar-refractivity contribution >= 4 is 34.2 Å². The second-order valence-electron chi connectivity index (χ2n) is 8.03. The van der Waals surface area contributed by atoms with Crippen LogP contribution in [0.2, 0.25) is 0 Å². The van der Waals surface area contributed by atoms with Gasteiger partial charge in [0.1, 0.15) is 5.75 Å². The molecule has 176 valence electrons. The minimum atomic E-state index is -0.990. The Hall–Kier alpha value is -3.72. The Kier molecular flexibility index (Phi) is 6.93. The number of aromatic nitrogens is 3. The third-order valence-corrected chi connectivity index (χ3v) is 6.24. The maximum absolute atomic E-state index is 13.2. The van der Waals surface area contributed by atoms with Gasteiger partial charge in [-0.3, -0.25) is 4.79 Å². The Bertz CT molecular complexity index is 1310. The van der Waals surface area contributed by atoms with Gasteiger partial charge < -0.3 is 14.8 Å². The van der Waals surface area contributed by atoms with Crippen molar-refractivity contribution < 1.29 is 19.1 Å². The molecule has 0 aliphatic rings. The van der Waals surface area contributed by atoms with Gasteiger partial charge in [-0.05, 0) is 44.4 Å². The van der Waals surface area contributed by atoms with Crippen LogP contribution in [0.1, 0.15) is 42.7 Å². The molecule has 0 saturated carbocycles. The van der Waals surface area contributed by atoms with E-state index in [9.17, 15) is 9.59 Å². The van der Waals surface area contributed by atoms with Crippen molar-refractivity contribution in [3.05, 3.63) is 65.2 Å². The van der Waals surface area contributed by atoms with Gasteiger partial charge in [0.2, 0.25) is 0 Å². The molecule has 0 bridgehead atoms. The summed E-state index contributed by atoms with van der Waals surface area (Å²) in [5, 5.41) is 9.74. The van der Waals surface area contributed by atoms with E-state index >= 15 is 0 Å². The average molecular weight is 479 g/mol. The first kappa shape index (κ1) is 23.4. The zero-order valence-electron chi connectivity index (χ0n) is 19.4.